The van der Waals surface area contributed by atoms with Gasteiger partial charge < -0.3 is 4.74 Å². The first-order valence-corrected chi connectivity index (χ1v) is 5.05. The number of nitro groups is 1. The van der Waals surface area contributed by atoms with Gasteiger partial charge in [0.15, 0.2) is 5.69 Å². The molecule has 5 nitrogen and oxygen atoms in total. The molecule has 0 aliphatic heterocycles. The number of alkyl halides is 1. The van der Waals surface area contributed by atoms with Crippen molar-refractivity contribution in [3.63, 3.8) is 0 Å². The minimum absolute atomic E-state index is 0.110. The zero-order valence-electron chi connectivity index (χ0n) is 7.86. The summed E-state index contributed by atoms with van der Waals surface area (Å²) in [6.07, 6.45) is 0. The molecule has 1 rings (SSSR count). The Morgan fingerprint density at radius 1 is 1.67 bits per heavy atom. The van der Waals surface area contributed by atoms with Gasteiger partial charge in [0.05, 0.1) is 17.4 Å². The number of nitrogens with zero attached hydrogens (tertiary/aromatic N) is 2. The maximum Gasteiger partial charge on any atom is 0.303 e. The summed E-state index contributed by atoms with van der Waals surface area (Å²) in [5.74, 6) is 5.55. The summed E-state index contributed by atoms with van der Waals surface area (Å²) in [4.78, 5) is 14.0. The number of aromatic nitrogens is 1. The van der Waals surface area contributed by atoms with Gasteiger partial charge >= 0.3 is 5.69 Å². The van der Waals surface area contributed by atoms with E-state index in [4.69, 9.17) is 4.74 Å². The molecule has 0 unspecified atom stereocenters. The van der Waals surface area contributed by atoms with Gasteiger partial charge in [0.1, 0.15) is 0 Å². The molecule has 78 valence electrons. The van der Waals surface area contributed by atoms with E-state index in [0.29, 0.717) is 11.2 Å². The third kappa shape index (κ3) is 2.92. The Morgan fingerprint density at radius 3 is 2.93 bits per heavy atom. The molecule has 0 bridgehead atoms. The molecule has 0 radical (unpaired) electrons. The number of rotatable bonds is 2. The van der Waals surface area contributed by atoms with Crippen molar-refractivity contribution >= 4 is 21.6 Å². The van der Waals surface area contributed by atoms with Crippen molar-refractivity contribution < 1.29 is 9.66 Å². The van der Waals surface area contributed by atoms with E-state index in [2.05, 4.69) is 32.8 Å². The van der Waals surface area contributed by atoms with Gasteiger partial charge in [-0.15, -0.1) is 0 Å². The summed E-state index contributed by atoms with van der Waals surface area (Å²) in [6.45, 7) is 0. The summed E-state index contributed by atoms with van der Waals surface area (Å²) in [5.41, 5.74) is -0.0111. The normalized spacial score (nSPS) is 8.93. The molecule has 15 heavy (non-hydrogen) atoms. The Kier molecular flexibility index (Phi) is 4.06. The lowest BCUT2D eigenvalue weighted by molar-refractivity contribution is -0.385. The summed E-state index contributed by atoms with van der Waals surface area (Å²) >= 11 is 3.10. The van der Waals surface area contributed by atoms with Crippen LogP contribution in [0.2, 0.25) is 0 Å². The fourth-order valence-corrected chi connectivity index (χ4v) is 1.04. The van der Waals surface area contributed by atoms with Crippen LogP contribution in [0.1, 0.15) is 5.69 Å². The second-order valence-corrected chi connectivity index (χ2v) is 2.97. The van der Waals surface area contributed by atoms with Gasteiger partial charge in [-0.1, -0.05) is 21.9 Å². The van der Waals surface area contributed by atoms with Crippen molar-refractivity contribution in [2.45, 2.75) is 0 Å². The lowest BCUT2D eigenvalue weighted by Gasteiger charge is -1.99. The first kappa shape index (κ1) is 11.5. The number of methoxy groups -OCH3 is 1. The Hall–Kier alpha value is -1.61. The number of pyridine rings is 1. The predicted molar refractivity (Wildman–Crippen MR) is 58.1 cm³/mol. The van der Waals surface area contributed by atoms with E-state index >= 15 is 0 Å². The Morgan fingerprint density at radius 2 is 2.40 bits per heavy atom. The monoisotopic (exact) mass is 270 g/mol. The molecule has 0 aliphatic rings. The average Bonchev–Trinajstić information content (AvgIpc) is 2.25. The standard InChI is InChI=1S/C9H7BrN2O3/c1-15-9-5-4-8(12(13)14)7(11-9)3-2-6-10/h4-5H,6H2,1H3. The molecule has 6 heteroatoms. The lowest BCUT2D eigenvalue weighted by atomic mass is 10.3. The van der Waals surface area contributed by atoms with Crippen LogP contribution in [-0.4, -0.2) is 22.3 Å². The molecule has 0 aliphatic carbocycles. The SMILES string of the molecule is COc1ccc([N+](=O)[O-])c(C#CCBr)n1. The van der Waals surface area contributed by atoms with E-state index in [0.717, 1.165) is 0 Å². The quantitative estimate of drug-likeness (QED) is 0.355. The average molecular weight is 271 g/mol. The van der Waals surface area contributed by atoms with Crippen LogP contribution in [0.3, 0.4) is 0 Å². The molecule has 0 spiro atoms. The fraction of sp³-hybridized carbons (Fsp3) is 0.222. The van der Waals surface area contributed by atoms with Crippen LogP contribution >= 0.6 is 15.9 Å². The van der Waals surface area contributed by atoms with Gasteiger partial charge in [0, 0.05) is 12.1 Å². The molecular weight excluding hydrogens is 264 g/mol. The van der Waals surface area contributed by atoms with Crippen LogP contribution in [0.25, 0.3) is 0 Å². The van der Waals surface area contributed by atoms with E-state index in [9.17, 15) is 10.1 Å². The first-order valence-electron chi connectivity index (χ1n) is 3.93. The zero-order chi connectivity index (χ0) is 11.3. The highest BCUT2D eigenvalue weighted by molar-refractivity contribution is 9.09. The van der Waals surface area contributed by atoms with Crippen molar-refractivity contribution in [2.24, 2.45) is 0 Å². The molecule has 0 N–H and O–H groups in total. The van der Waals surface area contributed by atoms with Crippen molar-refractivity contribution in [3.8, 4) is 17.7 Å². The van der Waals surface area contributed by atoms with Gasteiger partial charge in [0.25, 0.3) is 0 Å². The molecule has 0 amide bonds. The van der Waals surface area contributed by atoms with Crippen LogP contribution in [-0.2, 0) is 0 Å². The number of ether oxygens (including phenoxy) is 1. The third-order valence-electron chi connectivity index (χ3n) is 1.53. The summed E-state index contributed by atoms with van der Waals surface area (Å²) in [5, 5.41) is 11.1. The van der Waals surface area contributed by atoms with Crippen molar-refractivity contribution in [1.82, 2.24) is 4.98 Å². The molecule has 1 aromatic rings. The minimum atomic E-state index is -0.523. The number of hydrogen-bond acceptors (Lipinski definition) is 4. The molecule has 0 saturated heterocycles. The van der Waals surface area contributed by atoms with E-state index < -0.39 is 4.92 Å². The van der Waals surface area contributed by atoms with Crippen molar-refractivity contribution in [2.75, 3.05) is 12.4 Å². The second kappa shape index (κ2) is 5.32. The smallest absolute Gasteiger partial charge is 0.303 e. The maximum atomic E-state index is 10.6. The van der Waals surface area contributed by atoms with E-state index in [-0.39, 0.29) is 11.4 Å². The summed E-state index contributed by atoms with van der Waals surface area (Å²) < 4.78 is 4.86. The van der Waals surface area contributed by atoms with Crippen LogP contribution in [0.5, 0.6) is 5.88 Å². The number of hydrogen-bond donors (Lipinski definition) is 0. The molecule has 0 fully saturated rings. The minimum Gasteiger partial charge on any atom is -0.481 e. The van der Waals surface area contributed by atoms with Crippen LogP contribution < -0.4 is 4.74 Å². The van der Waals surface area contributed by atoms with Gasteiger partial charge in [-0.25, -0.2) is 0 Å². The Labute approximate surface area is 94.7 Å². The molecule has 0 saturated carbocycles. The van der Waals surface area contributed by atoms with Gasteiger partial charge in [-0.3, -0.25) is 10.1 Å². The summed E-state index contributed by atoms with van der Waals surface area (Å²) in [6, 6.07) is 2.75. The van der Waals surface area contributed by atoms with Gasteiger partial charge in [-0.2, -0.15) is 4.98 Å². The molecule has 0 atom stereocenters. The molecular formula is C9H7BrN2O3. The molecule has 1 heterocycles. The van der Waals surface area contributed by atoms with E-state index in [1.54, 1.807) is 0 Å². The van der Waals surface area contributed by atoms with Crippen molar-refractivity contribution in [3.05, 3.63) is 27.9 Å². The van der Waals surface area contributed by atoms with Gasteiger partial charge in [0.2, 0.25) is 5.88 Å². The largest absolute Gasteiger partial charge is 0.481 e. The topological polar surface area (TPSA) is 65.3 Å². The third-order valence-corrected chi connectivity index (χ3v) is 1.81. The van der Waals surface area contributed by atoms with E-state index in [1.165, 1.54) is 19.2 Å². The van der Waals surface area contributed by atoms with Crippen LogP contribution in [0.15, 0.2) is 12.1 Å². The van der Waals surface area contributed by atoms with Gasteiger partial charge in [-0.05, 0) is 5.92 Å². The van der Waals surface area contributed by atoms with Crippen LogP contribution in [0.4, 0.5) is 5.69 Å². The van der Waals surface area contributed by atoms with Crippen LogP contribution in [0, 0.1) is 22.0 Å². The Bertz CT molecular complexity index is 437. The second-order valence-electron chi connectivity index (χ2n) is 2.41. The number of halogens is 1. The maximum absolute atomic E-state index is 10.6. The lowest BCUT2D eigenvalue weighted by Crippen LogP contribution is -1.97. The Balaban J connectivity index is 3.22. The highest BCUT2D eigenvalue weighted by atomic mass is 79.9. The van der Waals surface area contributed by atoms with Crippen molar-refractivity contribution in [1.29, 1.82) is 0 Å². The van der Waals surface area contributed by atoms with E-state index in [1.807, 2.05) is 0 Å². The highest BCUT2D eigenvalue weighted by Gasteiger charge is 2.14. The highest BCUT2D eigenvalue weighted by Crippen LogP contribution is 2.18. The zero-order valence-corrected chi connectivity index (χ0v) is 9.44. The summed E-state index contributed by atoms with van der Waals surface area (Å²) in [7, 11) is 1.44. The predicted octanol–water partition coefficient (Wildman–Crippen LogP) is 1.74. The fourth-order valence-electron chi connectivity index (χ4n) is 0.904. The molecule has 1 aromatic heterocycles. The first-order chi connectivity index (χ1) is 7.19. The molecule has 0 aromatic carbocycles.